The molecule has 0 bridgehead atoms. The fourth-order valence-electron chi connectivity index (χ4n) is 4.61. The van der Waals surface area contributed by atoms with Crippen LogP contribution < -0.4 is 5.32 Å². The molecule has 1 saturated carbocycles. The molecule has 6 nitrogen and oxygen atoms in total. The molecule has 1 aliphatic heterocycles. The molecule has 0 amide bonds. The van der Waals surface area contributed by atoms with Crippen LogP contribution in [0.1, 0.15) is 25.7 Å². The molecule has 1 saturated heterocycles. The van der Waals surface area contributed by atoms with Crippen molar-refractivity contribution >= 4 is 16.7 Å². The molecule has 5 rings (SSSR count). The van der Waals surface area contributed by atoms with E-state index < -0.39 is 0 Å². The van der Waals surface area contributed by atoms with E-state index in [1.54, 1.807) is 12.5 Å². The van der Waals surface area contributed by atoms with Gasteiger partial charge in [0, 0.05) is 48.5 Å². The topological polar surface area (TPSA) is 63.2 Å². The molecule has 0 atom stereocenters. The van der Waals surface area contributed by atoms with Crippen LogP contribution in [0.3, 0.4) is 0 Å². The van der Waals surface area contributed by atoms with Gasteiger partial charge in [0.25, 0.3) is 0 Å². The number of ether oxygens (including phenoxy) is 1. The largest absolute Gasteiger partial charge is 0.379 e. The van der Waals surface area contributed by atoms with E-state index in [1.165, 1.54) is 25.7 Å². The van der Waals surface area contributed by atoms with E-state index >= 15 is 0 Å². The van der Waals surface area contributed by atoms with E-state index in [2.05, 4.69) is 49.4 Å². The van der Waals surface area contributed by atoms with Crippen LogP contribution in [0.5, 0.6) is 0 Å². The van der Waals surface area contributed by atoms with Crippen LogP contribution in [-0.2, 0) is 4.74 Å². The number of nitrogens with zero attached hydrogens (tertiary/aromatic N) is 4. The second kappa shape index (κ2) is 8.43. The number of aromatic nitrogens is 3. The average Bonchev–Trinajstić information content (AvgIpc) is 2.81. The van der Waals surface area contributed by atoms with E-state index in [4.69, 9.17) is 4.74 Å². The summed E-state index contributed by atoms with van der Waals surface area (Å²) in [7, 11) is 0. The molecular formula is C23H27N5O. The van der Waals surface area contributed by atoms with Crippen LogP contribution in [0.4, 0.5) is 5.82 Å². The van der Waals surface area contributed by atoms with Crippen molar-refractivity contribution in [3.63, 3.8) is 0 Å². The second-order valence-corrected chi connectivity index (χ2v) is 7.99. The number of benzene rings is 1. The van der Waals surface area contributed by atoms with E-state index in [1.807, 2.05) is 12.3 Å². The lowest BCUT2D eigenvalue weighted by Crippen LogP contribution is -2.46. The van der Waals surface area contributed by atoms with Gasteiger partial charge in [-0.2, -0.15) is 0 Å². The summed E-state index contributed by atoms with van der Waals surface area (Å²) < 4.78 is 5.50. The molecule has 1 N–H and O–H groups in total. The van der Waals surface area contributed by atoms with Gasteiger partial charge in [-0.3, -0.25) is 9.88 Å². The first-order chi connectivity index (χ1) is 14.4. The number of hydrogen-bond acceptors (Lipinski definition) is 6. The third-order valence-electron chi connectivity index (χ3n) is 6.23. The van der Waals surface area contributed by atoms with Crippen molar-refractivity contribution in [2.75, 3.05) is 31.6 Å². The number of pyridine rings is 1. The summed E-state index contributed by atoms with van der Waals surface area (Å²) in [6.07, 6.45) is 10.2. The van der Waals surface area contributed by atoms with Crippen LogP contribution in [0.25, 0.3) is 22.0 Å². The predicted octanol–water partition coefficient (Wildman–Crippen LogP) is 3.75. The quantitative estimate of drug-likeness (QED) is 0.733. The lowest BCUT2D eigenvalue weighted by molar-refractivity contribution is 0.00791. The van der Waals surface area contributed by atoms with E-state index in [0.29, 0.717) is 12.1 Å². The number of rotatable bonds is 4. The van der Waals surface area contributed by atoms with Gasteiger partial charge in [0.15, 0.2) is 0 Å². The summed E-state index contributed by atoms with van der Waals surface area (Å²) in [4.78, 5) is 15.9. The molecule has 0 spiro atoms. The third kappa shape index (κ3) is 4.09. The van der Waals surface area contributed by atoms with E-state index in [0.717, 1.165) is 54.2 Å². The number of anilines is 1. The third-order valence-corrected chi connectivity index (χ3v) is 6.23. The molecule has 1 aromatic carbocycles. The maximum Gasteiger partial charge on any atom is 0.137 e. The van der Waals surface area contributed by atoms with Crippen LogP contribution >= 0.6 is 0 Å². The maximum atomic E-state index is 5.50. The molecule has 150 valence electrons. The summed E-state index contributed by atoms with van der Waals surface area (Å²) in [5, 5.41) is 4.79. The van der Waals surface area contributed by atoms with Crippen LogP contribution in [-0.4, -0.2) is 58.2 Å². The Hall–Kier alpha value is -2.57. The molecule has 0 radical (unpaired) electrons. The summed E-state index contributed by atoms with van der Waals surface area (Å²) >= 11 is 0. The number of nitrogens with one attached hydrogen (secondary N) is 1. The first kappa shape index (κ1) is 18.5. The van der Waals surface area contributed by atoms with Gasteiger partial charge in [-0.1, -0.05) is 12.1 Å². The highest BCUT2D eigenvalue weighted by Gasteiger charge is 2.27. The molecule has 29 heavy (non-hydrogen) atoms. The minimum absolute atomic E-state index is 0.465. The molecule has 3 heterocycles. The van der Waals surface area contributed by atoms with Crippen molar-refractivity contribution in [1.82, 2.24) is 19.9 Å². The lowest BCUT2D eigenvalue weighted by atomic mass is 9.90. The Morgan fingerprint density at radius 3 is 2.62 bits per heavy atom. The second-order valence-electron chi connectivity index (χ2n) is 7.99. The Bertz CT molecular complexity index is 950. The summed E-state index contributed by atoms with van der Waals surface area (Å²) in [6, 6.07) is 11.6. The molecule has 0 unspecified atom stereocenters. The monoisotopic (exact) mass is 389 g/mol. The fourth-order valence-corrected chi connectivity index (χ4v) is 4.61. The molecule has 6 heteroatoms. The van der Waals surface area contributed by atoms with Gasteiger partial charge in [-0.25, -0.2) is 9.97 Å². The van der Waals surface area contributed by atoms with Crippen molar-refractivity contribution in [3.05, 3.63) is 49.1 Å². The zero-order valence-electron chi connectivity index (χ0n) is 16.6. The van der Waals surface area contributed by atoms with E-state index in [-0.39, 0.29) is 0 Å². The Morgan fingerprint density at radius 2 is 1.83 bits per heavy atom. The van der Waals surface area contributed by atoms with Gasteiger partial charge in [0.05, 0.1) is 18.7 Å². The minimum atomic E-state index is 0.465. The zero-order valence-corrected chi connectivity index (χ0v) is 16.6. The molecule has 2 fully saturated rings. The molecule has 1 aliphatic carbocycles. The van der Waals surface area contributed by atoms with Crippen molar-refractivity contribution < 1.29 is 4.74 Å². The summed E-state index contributed by atoms with van der Waals surface area (Å²) in [6.45, 7) is 3.92. The fraction of sp³-hybridized carbons (Fsp3) is 0.435. The predicted molar refractivity (Wildman–Crippen MR) is 115 cm³/mol. The molecule has 2 aliphatic rings. The standard InChI is InChI=1S/C23H27N5O/c1-2-18(15-24-9-1)17-3-8-22-21(14-17)23(26-16-25-22)27-19-4-6-20(7-5-19)28-10-12-29-13-11-28/h1-3,8-9,14-16,19-20H,4-7,10-13H2,(H,25,26,27). The number of hydrogen-bond donors (Lipinski definition) is 1. The minimum Gasteiger partial charge on any atom is -0.379 e. The molecule has 2 aromatic heterocycles. The maximum absolute atomic E-state index is 5.50. The zero-order chi connectivity index (χ0) is 19.5. The summed E-state index contributed by atoms with van der Waals surface area (Å²) in [5.74, 6) is 0.940. The molecular weight excluding hydrogens is 362 g/mol. The van der Waals surface area contributed by atoms with E-state index in [9.17, 15) is 0 Å². The van der Waals surface area contributed by atoms with Crippen LogP contribution in [0, 0.1) is 0 Å². The average molecular weight is 390 g/mol. The molecule has 3 aromatic rings. The number of morpholine rings is 1. The number of fused-ring (bicyclic) bond motifs is 1. The van der Waals surface area contributed by atoms with Gasteiger partial charge >= 0.3 is 0 Å². The van der Waals surface area contributed by atoms with Gasteiger partial charge in [-0.15, -0.1) is 0 Å². The van der Waals surface area contributed by atoms with Crippen molar-refractivity contribution in [2.45, 2.75) is 37.8 Å². The van der Waals surface area contributed by atoms with Gasteiger partial charge < -0.3 is 10.1 Å². The Morgan fingerprint density at radius 1 is 0.966 bits per heavy atom. The Kier molecular flexibility index (Phi) is 5.37. The Balaban J connectivity index is 1.31. The normalized spacial score (nSPS) is 23.2. The lowest BCUT2D eigenvalue weighted by Gasteiger charge is -2.39. The first-order valence-corrected chi connectivity index (χ1v) is 10.6. The van der Waals surface area contributed by atoms with Gasteiger partial charge in [0.2, 0.25) is 0 Å². The van der Waals surface area contributed by atoms with Gasteiger partial charge in [0.1, 0.15) is 12.1 Å². The highest BCUT2D eigenvalue weighted by molar-refractivity contribution is 5.92. The highest BCUT2D eigenvalue weighted by Crippen LogP contribution is 2.30. The van der Waals surface area contributed by atoms with Crippen molar-refractivity contribution in [3.8, 4) is 11.1 Å². The Labute approximate surface area is 171 Å². The highest BCUT2D eigenvalue weighted by atomic mass is 16.5. The van der Waals surface area contributed by atoms with Crippen molar-refractivity contribution in [1.29, 1.82) is 0 Å². The SMILES string of the molecule is c1cncc(-c2ccc3ncnc(NC4CCC(N5CCOCC5)CC4)c3c2)c1. The first-order valence-electron chi connectivity index (χ1n) is 10.6. The van der Waals surface area contributed by atoms with Crippen molar-refractivity contribution in [2.24, 2.45) is 0 Å². The van der Waals surface area contributed by atoms with Gasteiger partial charge in [-0.05, 0) is 49.4 Å². The summed E-state index contributed by atoms with van der Waals surface area (Å²) in [5.41, 5.74) is 3.21. The van der Waals surface area contributed by atoms with Crippen LogP contribution in [0.2, 0.25) is 0 Å². The van der Waals surface area contributed by atoms with Crippen LogP contribution in [0.15, 0.2) is 49.1 Å². The smallest absolute Gasteiger partial charge is 0.137 e.